The van der Waals surface area contributed by atoms with E-state index in [0.717, 1.165) is 28.1 Å². The molecule has 0 bridgehead atoms. The van der Waals surface area contributed by atoms with E-state index in [-0.39, 0.29) is 0 Å². The topological polar surface area (TPSA) is 17.8 Å². The highest BCUT2D eigenvalue weighted by Crippen LogP contribution is 2.23. The van der Waals surface area contributed by atoms with E-state index >= 15 is 0 Å². The van der Waals surface area contributed by atoms with E-state index in [2.05, 4.69) is 35.2 Å². The van der Waals surface area contributed by atoms with Crippen LogP contribution in [0.25, 0.3) is 16.7 Å². The molecule has 0 amide bonds. The average Bonchev–Trinajstić information content (AvgIpc) is 2.71. The van der Waals surface area contributed by atoms with Crippen LogP contribution < -0.4 is 0 Å². The van der Waals surface area contributed by atoms with Crippen LogP contribution in [0.3, 0.4) is 0 Å². The summed E-state index contributed by atoms with van der Waals surface area (Å²) in [5.74, 6) is 0.991. The van der Waals surface area contributed by atoms with Crippen molar-refractivity contribution in [3.63, 3.8) is 0 Å². The first-order chi connectivity index (χ1) is 8.69. The molecule has 2 aromatic rings. The fourth-order valence-electron chi connectivity index (χ4n) is 2.10. The summed E-state index contributed by atoms with van der Waals surface area (Å²) in [7, 11) is 0. The lowest BCUT2D eigenvalue weighted by Gasteiger charge is -2.10. The number of fused-ring (bicyclic) bond motifs is 1. The van der Waals surface area contributed by atoms with Crippen molar-refractivity contribution in [1.29, 1.82) is 0 Å². The number of aryl methyl sites for hydroxylation is 1. The lowest BCUT2D eigenvalue weighted by molar-refractivity contribution is 1.02. The van der Waals surface area contributed by atoms with Crippen molar-refractivity contribution in [3.8, 4) is 0 Å². The van der Waals surface area contributed by atoms with E-state index in [1.165, 1.54) is 0 Å². The first kappa shape index (κ1) is 12.4. The van der Waals surface area contributed by atoms with Crippen molar-refractivity contribution < 1.29 is 0 Å². The Kier molecular flexibility index (Phi) is 3.47. The second-order valence-electron chi connectivity index (χ2n) is 4.26. The zero-order valence-corrected chi connectivity index (χ0v) is 11.1. The first-order valence-corrected chi connectivity index (χ1v) is 6.09. The Hall–Kier alpha value is -2.09. The normalized spacial score (nSPS) is 13.1. The predicted molar refractivity (Wildman–Crippen MR) is 78.4 cm³/mol. The van der Waals surface area contributed by atoms with Gasteiger partial charge in [-0.3, -0.25) is 4.57 Å². The monoisotopic (exact) mass is 238 g/mol. The van der Waals surface area contributed by atoms with Gasteiger partial charge in [-0.05, 0) is 44.6 Å². The van der Waals surface area contributed by atoms with Gasteiger partial charge in [0.1, 0.15) is 5.82 Å². The Morgan fingerprint density at radius 1 is 1.33 bits per heavy atom. The lowest BCUT2D eigenvalue weighted by atomic mass is 10.2. The van der Waals surface area contributed by atoms with Crippen LogP contribution in [0.15, 0.2) is 54.6 Å². The third-order valence-corrected chi connectivity index (χ3v) is 3.00. The molecule has 0 aliphatic heterocycles. The molecule has 0 spiro atoms. The number of benzene rings is 1. The molecule has 0 fully saturated rings. The number of hydrogen-bond acceptors (Lipinski definition) is 1. The van der Waals surface area contributed by atoms with Crippen LogP contribution in [0.1, 0.15) is 19.7 Å². The highest BCUT2D eigenvalue weighted by molar-refractivity contribution is 5.82. The summed E-state index contributed by atoms with van der Waals surface area (Å²) in [5, 5.41) is 0. The number of nitrogens with zero attached hydrogens (tertiary/aromatic N) is 2. The molecule has 1 heterocycles. The van der Waals surface area contributed by atoms with Crippen LogP contribution in [0.2, 0.25) is 0 Å². The van der Waals surface area contributed by atoms with Crippen molar-refractivity contribution in [2.45, 2.75) is 20.8 Å². The molecule has 92 valence electrons. The number of para-hydroxylation sites is 2. The number of aromatic nitrogens is 2. The third-order valence-electron chi connectivity index (χ3n) is 3.00. The van der Waals surface area contributed by atoms with Gasteiger partial charge in [-0.2, -0.15) is 0 Å². The van der Waals surface area contributed by atoms with Crippen LogP contribution in [-0.2, 0) is 0 Å². The van der Waals surface area contributed by atoms with Crippen LogP contribution >= 0.6 is 0 Å². The molecule has 18 heavy (non-hydrogen) atoms. The summed E-state index contributed by atoms with van der Waals surface area (Å²) in [6, 6.07) is 8.18. The Balaban J connectivity index is 2.80. The molecule has 0 radical (unpaired) electrons. The first-order valence-electron chi connectivity index (χ1n) is 6.09. The fraction of sp³-hybridized carbons (Fsp3) is 0.188. The van der Waals surface area contributed by atoms with Crippen molar-refractivity contribution in [3.05, 3.63) is 60.5 Å². The minimum Gasteiger partial charge on any atom is -0.296 e. The largest absolute Gasteiger partial charge is 0.296 e. The molecule has 0 aliphatic rings. The van der Waals surface area contributed by atoms with Gasteiger partial charge in [0, 0.05) is 5.70 Å². The highest BCUT2D eigenvalue weighted by atomic mass is 15.1. The van der Waals surface area contributed by atoms with Crippen molar-refractivity contribution in [2.24, 2.45) is 0 Å². The van der Waals surface area contributed by atoms with E-state index in [1.54, 1.807) is 0 Å². The van der Waals surface area contributed by atoms with Crippen molar-refractivity contribution in [1.82, 2.24) is 9.55 Å². The molecule has 0 saturated carbocycles. The molecule has 0 N–H and O–H groups in total. The molecular formula is C16H18N2. The van der Waals surface area contributed by atoms with Crippen molar-refractivity contribution >= 4 is 16.7 Å². The van der Waals surface area contributed by atoms with E-state index < -0.39 is 0 Å². The zero-order valence-electron chi connectivity index (χ0n) is 11.1. The smallest absolute Gasteiger partial charge is 0.111 e. The number of imidazole rings is 1. The van der Waals surface area contributed by atoms with Crippen LogP contribution in [0, 0.1) is 6.92 Å². The molecule has 0 unspecified atom stereocenters. The van der Waals surface area contributed by atoms with E-state index in [4.69, 9.17) is 0 Å². The summed E-state index contributed by atoms with van der Waals surface area (Å²) in [6.45, 7) is 9.97. The molecule has 0 aliphatic carbocycles. The van der Waals surface area contributed by atoms with Gasteiger partial charge in [0.15, 0.2) is 0 Å². The SMILES string of the molecule is C=C/C(C)=C(\C=C/C)n1c(C)nc2ccccc21. The fourth-order valence-corrected chi connectivity index (χ4v) is 2.10. The number of rotatable bonds is 3. The standard InChI is InChI=1S/C16H18N2/c1-5-9-15(12(3)6-2)18-13(4)17-14-10-7-8-11-16(14)18/h5-11H,2H2,1,3-4H3/b9-5-,15-12+. The van der Waals surface area contributed by atoms with E-state index in [1.807, 2.05) is 44.2 Å². The van der Waals surface area contributed by atoms with Gasteiger partial charge in [-0.1, -0.05) is 30.9 Å². The quantitative estimate of drug-likeness (QED) is 0.727. The molecule has 2 heteroatoms. The minimum atomic E-state index is 0.991. The Morgan fingerprint density at radius 3 is 2.72 bits per heavy atom. The Bertz CT molecular complexity index is 642. The second-order valence-corrected chi connectivity index (χ2v) is 4.26. The Morgan fingerprint density at radius 2 is 2.06 bits per heavy atom. The summed E-state index contributed by atoms with van der Waals surface area (Å²) in [5.41, 5.74) is 4.41. The molecule has 1 aromatic heterocycles. The van der Waals surface area contributed by atoms with Crippen LogP contribution in [0.5, 0.6) is 0 Å². The van der Waals surface area contributed by atoms with Gasteiger partial charge in [-0.25, -0.2) is 4.98 Å². The summed E-state index contributed by atoms with van der Waals surface area (Å²) in [6.07, 6.45) is 6.01. The van der Waals surface area contributed by atoms with Gasteiger partial charge in [-0.15, -0.1) is 0 Å². The van der Waals surface area contributed by atoms with Gasteiger partial charge in [0.25, 0.3) is 0 Å². The molecule has 2 nitrogen and oxygen atoms in total. The average molecular weight is 238 g/mol. The van der Waals surface area contributed by atoms with Gasteiger partial charge >= 0.3 is 0 Å². The predicted octanol–water partition coefficient (Wildman–Crippen LogP) is 4.34. The molecule has 0 atom stereocenters. The summed E-state index contributed by atoms with van der Waals surface area (Å²) in [4.78, 5) is 4.59. The van der Waals surface area contributed by atoms with Crippen LogP contribution in [-0.4, -0.2) is 9.55 Å². The summed E-state index contributed by atoms with van der Waals surface area (Å²) < 4.78 is 2.17. The highest BCUT2D eigenvalue weighted by Gasteiger charge is 2.10. The van der Waals surface area contributed by atoms with Crippen molar-refractivity contribution in [2.75, 3.05) is 0 Å². The molecular weight excluding hydrogens is 220 g/mol. The molecule has 1 aromatic carbocycles. The van der Waals surface area contributed by atoms with Gasteiger partial charge < -0.3 is 0 Å². The van der Waals surface area contributed by atoms with Gasteiger partial charge in [0.2, 0.25) is 0 Å². The maximum Gasteiger partial charge on any atom is 0.111 e. The van der Waals surface area contributed by atoms with Gasteiger partial charge in [0.05, 0.1) is 11.0 Å². The second kappa shape index (κ2) is 5.05. The van der Waals surface area contributed by atoms with E-state index in [9.17, 15) is 0 Å². The minimum absolute atomic E-state index is 0.991. The number of hydrogen-bond donors (Lipinski definition) is 0. The lowest BCUT2D eigenvalue weighted by Crippen LogP contribution is -1.99. The summed E-state index contributed by atoms with van der Waals surface area (Å²) >= 11 is 0. The molecule has 2 rings (SSSR count). The maximum absolute atomic E-state index is 4.59. The molecule has 0 saturated heterocycles. The zero-order chi connectivity index (χ0) is 13.1. The third kappa shape index (κ3) is 2.02. The Labute approximate surface area is 108 Å². The maximum atomic E-state index is 4.59. The van der Waals surface area contributed by atoms with E-state index in [0.29, 0.717) is 0 Å². The van der Waals surface area contributed by atoms with Crippen LogP contribution in [0.4, 0.5) is 0 Å². The number of allylic oxidation sites excluding steroid dienone is 5.